The van der Waals surface area contributed by atoms with Crippen molar-refractivity contribution < 1.29 is 4.79 Å². The van der Waals surface area contributed by atoms with E-state index in [9.17, 15) is 4.79 Å². The molecule has 1 aromatic heterocycles. The third-order valence-electron chi connectivity index (χ3n) is 2.42. The molecular formula is C13H15N3O. The van der Waals surface area contributed by atoms with Crippen LogP contribution in [0.1, 0.15) is 12.7 Å². The molecule has 2 aromatic rings. The maximum absolute atomic E-state index is 11.2. The number of aromatic nitrogens is 2. The molecule has 1 heterocycles. The quantitative estimate of drug-likeness (QED) is 0.785. The highest BCUT2D eigenvalue weighted by Gasteiger charge is 2.01. The lowest BCUT2D eigenvalue weighted by Crippen LogP contribution is -2.23. The first-order chi connectivity index (χ1) is 8.29. The standard InChI is InChI=1S/C13H15N3O/c1-2-5-13(17)14-9-8-12-15-10-6-3-4-7-11(10)16-12/h2-7H,8-9H2,1H3,(H,14,17)(H,15,16)/b5-2+. The van der Waals surface area contributed by atoms with Gasteiger partial charge in [-0.2, -0.15) is 0 Å². The van der Waals surface area contributed by atoms with Gasteiger partial charge in [0.2, 0.25) is 5.91 Å². The molecule has 17 heavy (non-hydrogen) atoms. The number of carbonyl (C=O) groups excluding carboxylic acids is 1. The van der Waals surface area contributed by atoms with Crippen molar-refractivity contribution in [1.82, 2.24) is 15.3 Å². The number of carbonyl (C=O) groups is 1. The predicted molar refractivity (Wildman–Crippen MR) is 67.6 cm³/mol. The van der Waals surface area contributed by atoms with E-state index in [1.54, 1.807) is 6.08 Å². The smallest absolute Gasteiger partial charge is 0.243 e. The normalized spacial score (nSPS) is 11.1. The molecule has 0 radical (unpaired) electrons. The van der Waals surface area contributed by atoms with Crippen molar-refractivity contribution in [1.29, 1.82) is 0 Å². The average Bonchev–Trinajstić information content (AvgIpc) is 2.71. The van der Waals surface area contributed by atoms with Gasteiger partial charge in [0.05, 0.1) is 11.0 Å². The Balaban J connectivity index is 1.93. The van der Waals surface area contributed by atoms with Gasteiger partial charge in [-0.1, -0.05) is 18.2 Å². The van der Waals surface area contributed by atoms with Crippen LogP contribution in [0.2, 0.25) is 0 Å². The zero-order valence-electron chi connectivity index (χ0n) is 9.73. The third-order valence-corrected chi connectivity index (χ3v) is 2.42. The second-order valence-electron chi connectivity index (χ2n) is 3.74. The van der Waals surface area contributed by atoms with Crippen LogP contribution in [-0.2, 0) is 11.2 Å². The highest BCUT2D eigenvalue weighted by Crippen LogP contribution is 2.10. The Kier molecular flexibility index (Phi) is 3.55. The van der Waals surface area contributed by atoms with Gasteiger partial charge in [0.25, 0.3) is 0 Å². The minimum absolute atomic E-state index is 0.0661. The maximum atomic E-state index is 11.2. The molecular weight excluding hydrogens is 214 g/mol. The van der Waals surface area contributed by atoms with Crippen molar-refractivity contribution in [2.45, 2.75) is 13.3 Å². The van der Waals surface area contributed by atoms with Crippen LogP contribution in [0.4, 0.5) is 0 Å². The van der Waals surface area contributed by atoms with Crippen molar-refractivity contribution in [3.05, 3.63) is 42.2 Å². The molecule has 4 nitrogen and oxygen atoms in total. The van der Waals surface area contributed by atoms with Crippen LogP contribution in [0, 0.1) is 0 Å². The first-order valence-corrected chi connectivity index (χ1v) is 5.64. The zero-order chi connectivity index (χ0) is 12.1. The van der Waals surface area contributed by atoms with Crippen molar-refractivity contribution in [3.8, 4) is 0 Å². The summed E-state index contributed by atoms with van der Waals surface area (Å²) in [5.74, 6) is 0.829. The minimum atomic E-state index is -0.0661. The Morgan fingerprint density at radius 1 is 1.47 bits per heavy atom. The lowest BCUT2D eigenvalue weighted by atomic mass is 10.3. The number of aromatic amines is 1. The molecule has 2 N–H and O–H groups in total. The molecule has 0 spiro atoms. The van der Waals surface area contributed by atoms with Crippen LogP contribution in [-0.4, -0.2) is 22.4 Å². The summed E-state index contributed by atoms with van der Waals surface area (Å²) in [5.41, 5.74) is 1.99. The number of benzene rings is 1. The monoisotopic (exact) mass is 229 g/mol. The Bertz CT molecular complexity index is 509. The highest BCUT2D eigenvalue weighted by molar-refractivity contribution is 5.87. The molecule has 0 saturated carbocycles. The fraction of sp³-hybridized carbons (Fsp3) is 0.231. The molecule has 1 amide bonds. The van der Waals surface area contributed by atoms with Gasteiger partial charge in [-0.25, -0.2) is 4.98 Å². The lowest BCUT2D eigenvalue weighted by Gasteiger charge is -1.99. The van der Waals surface area contributed by atoms with E-state index in [1.807, 2.05) is 31.2 Å². The number of para-hydroxylation sites is 2. The molecule has 0 aliphatic carbocycles. The first-order valence-electron chi connectivity index (χ1n) is 5.64. The van der Waals surface area contributed by atoms with Gasteiger partial charge < -0.3 is 10.3 Å². The number of fused-ring (bicyclic) bond motifs is 1. The van der Waals surface area contributed by atoms with E-state index in [1.165, 1.54) is 6.08 Å². The van der Waals surface area contributed by atoms with Gasteiger partial charge >= 0.3 is 0 Å². The topological polar surface area (TPSA) is 57.8 Å². The summed E-state index contributed by atoms with van der Waals surface area (Å²) >= 11 is 0. The Labute approximate surface area is 99.8 Å². The molecule has 0 atom stereocenters. The second kappa shape index (κ2) is 5.30. The summed E-state index contributed by atoms with van der Waals surface area (Å²) in [7, 11) is 0. The number of rotatable bonds is 4. The Morgan fingerprint density at radius 2 is 2.29 bits per heavy atom. The molecule has 0 bridgehead atoms. The molecule has 0 unspecified atom stereocenters. The number of H-pyrrole nitrogens is 1. The highest BCUT2D eigenvalue weighted by atomic mass is 16.1. The number of imidazole rings is 1. The number of allylic oxidation sites excluding steroid dienone is 1. The number of nitrogens with zero attached hydrogens (tertiary/aromatic N) is 1. The third kappa shape index (κ3) is 2.93. The molecule has 0 aliphatic rings. The van der Waals surface area contributed by atoms with Crippen molar-refractivity contribution in [2.24, 2.45) is 0 Å². The van der Waals surface area contributed by atoms with Gasteiger partial charge in [-0.15, -0.1) is 0 Å². The van der Waals surface area contributed by atoms with Crippen LogP contribution in [0.25, 0.3) is 11.0 Å². The molecule has 0 aliphatic heterocycles. The number of hydrogen-bond acceptors (Lipinski definition) is 2. The van der Waals surface area contributed by atoms with Crippen molar-refractivity contribution >= 4 is 16.9 Å². The van der Waals surface area contributed by atoms with E-state index in [0.717, 1.165) is 16.9 Å². The van der Waals surface area contributed by atoms with Crippen LogP contribution < -0.4 is 5.32 Å². The molecule has 4 heteroatoms. The van der Waals surface area contributed by atoms with Crippen LogP contribution in [0.3, 0.4) is 0 Å². The average molecular weight is 229 g/mol. The van der Waals surface area contributed by atoms with Crippen molar-refractivity contribution in [2.75, 3.05) is 6.54 Å². The number of hydrogen-bond donors (Lipinski definition) is 2. The molecule has 88 valence electrons. The van der Waals surface area contributed by atoms with Crippen molar-refractivity contribution in [3.63, 3.8) is 0 Å². The fourth-order valence-corrected chi connectivity index (χ4v) is 1.64. The first kappa shape index (κ1) is 11.4. The van der Waals surface area contributed by atoms with Crippen LogP contribution >= 0.6 is 0 Å². The maximum Gasteiger partial charge on any atom is 0.243 e. The largest absolute Gasteiger partial charge is 0.352 e. The number of amides is 1. The van der Waals surface area contributed by atoms with E-state index >= 15 is 0 Å². The Hall–Kier alpha value is -2.10. The van der Waals surface area contributed by atoms with E-state index in [-0.39, 0.29) is 5.91 Å². The number of nitrogens with one attached hydrogen (secondary N) is 2. The summed E-state index contributed by atoms with van der Waals surface area (Å²) in [5, 5.41) is 2.79. The summed E-state index contributed by atoms with van der Waals surface area (Å²) in [4.78, 5) is 18.8. The van der Waals surface area contributed by atoms with Gasteiger partial charge in [-0.3, -0.25) is 4.79 Å². The SMILES string of the molecule is C/C=C/C(=O)NCCc1nc2ccccc2[nH]1. The summed E-state index contributed by atoms with van der Waals surface area (Å²) in [6.07, 6.45) is 3.94. The van der Waals surface area contributed by atoms with E-state index in [2.05, 4.69) is 15.3 Å². The summed E-state index contributed by atoms with van der Waals surface area (Å²) in [6, 6.07) is 7.89. The molecule has 1 aromatic carbocycles. The van der Waals surface area contributed by atoms with Gasteiger partial charge in [0.15, 0.2) is 0 Å². The second-order valence-corrected chi connectivity index (χ2v) is 3.74. The summed E-state index contributed by atoms with van der Waals surface area (Å²) < 4.78 is 0. The fourth-order valence-electron chi connectivity index (χ4n) is 1.64. The van der Waals surface area contributed by atoms with Gasteiger partial charge in [-0.05, 0) is 25.1 Å². The van der Waals surface area contributed by atoms with Gasteiger partial charge in [0, 0.05) is 13.0 Å². The minimum Gasteiger partial charge on any atom is -0.352 e. The van der Waals surface area contributed by atoms with Crippen LogP contribution in [0.5, 0.6) is 0 Å². The van der Waals surface area contributed by atoms with E-state index in [0.29, 0.717) is 13.0 Å². The summed E-state index contributed by atoms with van der Waals surface area (Å²) in [6.45, 7) is 2.40. The molecule has 0 saturated heterocycles. The molecule has 0 fully saturated rings. The Morgan fingerprint density at radius 3 is 3.06 bits per heavy atom. The predicted octanol–water partition coefficient (Wildman–Crippen LogP) is 1.80. The van der Waals surface area contributed by atoms with Crippen LogP contribution in [0.15, 0.2) is 36.4 Å². The van der Waals surface area contributed by atoms with Gasteiger partial charge in [0.1, 0.15) is 5.82 Å². The van der Waals surface area contributed by atoms with E-state index in [4.69, 9.17) is 0 Å². The van der Waals surface area contributed by atoms with E-state index < -0.39 is 0 Å². The molecule has 2 rings (SSSR count). The lowest BCUT2D eigenvalue weighted by molar-refractivity contribution is -0.116. The zero-order valence-corrected chi connectivity index (χ0v) is 9.73.